The third-order valence-corrected chi connectivity index (χ3v) is 1.99. The summed E-state index contributed by atoms with van der Waals surface area (Å²) in [6.45, 7) is 1.99. The molecule has 0 fully saturated rings. The summed E-state index contributed by atoms with van der Waals surface area (Å²) in [6, 6.07) is 3.02. The number of hydrogen-bond donors (Lipinski definition) is 3. The van der Waals surface area contributed by atoms with E-state index in [9.17, 15) is 19.1 Å². The van der Waals surface area contributed by atoms with Crippen LogP contribution in [0.5, 0.6) is 5.75 Å². The summed E-state index contributed by atoms with van der Waals surface area (Å²) < 4.78 is 12.9. The standard InChI is InChI=1S/C11H13FN2O3/c1-2-13-10(16)6-14-11(17)8-5-7(12)3-4-9(8)15/h3-5,15H,2,6H2,1H3,(H,13,16)(H,14,17). The van der Waals surface area contributed by atoms with Crippen LogP contribution >= 0.6 is 0 Å². The van der Waals surface area contributed by atoms with Crippen LogP contribution in [0, 0.1) is 5.82 Å². The van der Waals surface area contributed by atoms with Crippen molar-refractivity contribution in [2.24, 2.45) is 0 Å². The van der Waals surface area contributed by atoms with E-state index in [0.717, 1.165) is 18.2 Å². The maximum Gasteiger partial charge on any atom is 0.255 e. The first-order valence-electron chi connectivity index (χ1n) is 5.08. The van der Waals surface area contributed by atoms with E-state index in [2.05, 4.69) is 10.6 Å². The molecule has 0 spiro atoms. The molecule has 92 valence electrons. The van der Waals surface area contributed by atoms with Crippen LogP contribution in [-0.4, -0.2) is 30.0 Å². The number of nitrogens with one attached hydrogen (secondary N) is 2. The van der Waals surface area contributed by atoms with Crippen LogP contribution in [0.1, 0.15) is 17.3 Å². The zero-order valence-corrected chi connectivity index (χ0v) is 9.29. The van der Waals surface area contributed by atoms with E-state index in [1.165, 1.54) is 0 Å². The van der Waals surface area contributed by atoms with E-state index < -0.39 is 11.7 Å². The lowest BCUT2D eigenvalue weighted by Gasteiger charge is -2.06. The summed E-state index contributed by atoms with van der Waals surface area (Å²) >= 11 is 0. The number of rotatable bonds is 4. The third kappa shape index (κ3) is 3.75. The Morgan fingerprint density at radius 1 is 1.35 bits per heavy atom. The molecule has 0 bridgehead atoms. The highest BCUT2D eigenvalue weighted by Crippen LogP contribution is 2.17. The van der Waals surface area contributed by atoms with Gasteiger partial charge in [-0.05, 0) is 25.1 Å². The van der Waals surface area contributed by atoms with Crippen molar-refractivity contribution < 1.29 is 19.1 Å². The summed E-state index contributed by atoms with van der Waals surface area (Å²) in [5, 5.41) is 14.1. The van der Waals surface area contributed by atoms with Crippen LogP contribution < -0.4 is 10.6 Å². The fourth-order valence-corrected chi connectivity index (χ4v) is 1.21. The molecule has 0 aliphatic heterocycles. The fraction of sp³-hybridized carbons (Fsp3) is 0.273. The number of hydrogen-bond acceptors (Lipinski definition) is 3. The van der Waals surface area contributed by atoms with Crippen molar-refractivity contribution in [1.29, 1.82) is 0 Å². The molecular weight excluding hydrogens is 227 g/mol. The first-order valence-corrected chi connectivity index (χ1v) is 5.08. The maximum atomic E-state index is 12.9. The summed E-state index contributed by atoms with van der Waals surface area (Å²) in [4.78, 5) is 22.6. The lowest BCUT2D eigenvalue weighted by atomic mass is 10.2. The van der Waals surface area contributed by atoms with Gasteiger partial charge < -0.3 is 15.7 Å². The van der Waals surface area contributed by atoms with E-state index in [1.807, 2.05) is 0 Å². The molecule has 0 heterocycles. The molecule has 0 saturated carbocycles. The highest BCUT2D eigenvalue weighted by atomic mass is 19.1. The second-order valence-electron chi connectivity index (χ2n) is 3.30. The Bertz CT molecular complexity index is 435. The number of amides is 2. The Morgan fingerprint density at radius 3 is 2.71 bits per heavy atom. The van der Waals surface area contributed by atoms with Crippen molar-refractivity contribution in [3.8, 4) is 5.75 Å². The third-order valence-electron chi connectivity index (χ3n) is 1.99. The predicted octanol–water partition coefficient (Wildman–Crippen LogP) is 0.397. The summed E-state index contributed by atoms with van der Waals surface area (Å²) in [5.41, 5.74) is -0.200. The molecule has 0 atom stereocenters. The van der Waals surface area contributed by atoms with Crippen LogP contribution in [0.2, 0.25) is 0 Å². The molecule has 3 N–H and O–H groups in total. The minimum atomic E-state index is -0.701. The maximum absolute atomic E-state index is 12.9. The molecule has 1 rings (SSSR count). The van der Waals surface area contributed by atoms with Crippen LogP contribution in [0.4, 0.5) is 4.39 Å². The Balaban J connectivity index is 2.64. The predicted molar refractivity (Wildman–Crippen MR) is 59.1 cm³/mol. The van der Waals surface area contributed by atoms with Gasteiger partial charge in [-0.25, -0.2) is 4.39 Å². The molecule has 1 aromatic rings. The van der Waals surface area contributed by atoms with Gasteiger partial charge in [0, 0.05) is 6.54 Å². The molecule has 6 heteroatoms. The lowest BCUT2D eigenvalue weighted by molar-refractivity contribution is -0.120. The molecular formula is C11H13FN2O3. The van der Waals surface area contributed by atoms with Crippen molar-refractivity contribution in [3.63, 3.8) is 0 Å². The second kappa shape index (κ2) is 5.83. The monoisotopic (exact) mass is 240 g/mol. The molecule has 17 heavy (non-hydrogen) atoms. The van der Waals surface area contributed by atoms with Gasteiger partial charge in [0.25, 0.3) is 5.91 Å². The molecule has 0 aliphatic carbocycles. The molecule has 0 radical (unpaired) electrons. The summed E-state index contributed by atoms with van der Waals surface area (Å²) in [5.74, 6) is -2.02. The van der Waals surface area contributed by atoms with E-state index in [0.29, 0.717) is 6.54 Å². The minimum absolute atomic E-state index is 0.200. The zero-order valence-electron chi connectivity index (χ0n) is 9.29. The number of likely N-dealkylation sites (N-methyl/N-ethyl adjacent to an activating group) is 1. The van der Waals surface area contributed by atoms with Crippen LogP contribution in [0.3, 0.4) is 0 Å². The smallest absolute Gasteiger partial charge is 0.255 e. The Labute approximate surface area is 97.6 Å². The lowest BCUT2D eigenvalue weighted by Crippen LogP contribution is -2.36. The number of phenolic OH excluding ortho intramolecular Hbond substituents is 1. The van der Waals surface area contributed by atoms with Gasteiger partial charge in [-0.15, -0.1) is 0 Å². The van der Waals surface area contributed by atoms with Gasteiger partial charge in [-0.3, -0.25) is 9.59 Å². The quantitative estimate of drug-likeness (QED) is 0.712. The normalized spacial score (nSPS) is 9.76. The first kappa shape index (κ1) is 13.0. The van der Waals surface area contributed by atoms with Crippen molar-refractivity contribution >= 4 is 11.8 Å². The molecule has 1 aromatic carbocycles. The van der Waals surface area contributed by atoms with Gasteiger partial charge in [0.15, 0.2) is 0 Å². The van der Waals surface area contributed by atoms with Gasteiger partial charge in [0.05, 0.1) is 12.1 Å². The first-order chi connectivity index (χ1) is 8.04. The van der Waals surface area contributed by atoms with E-state index in [-0.39, 0.29) is 23.8 Å². The molecule has 0 unspecified atom stereocenters. The van der Waals surface area contributed by atoms with Gasteiger partial charge in [0.2, 0.25) is 5.91 Å². The molecule has 5 nitrogen and oxygen atoms in total. The van der Waals surface area contributed by atoms with Crippen LogP contribution in [0.15, 0.2) is 18.2 Å². The second-order valence-corrected chi connectivity index (χ2v) is 3.30. The molecule has 0 aromatic heterocycles. The molecule has 2 amide bonds. The summed E-state index contributed by atoms with van der Waals surface area (Å²) in [6.07, 6.45) is 0. The van der Waals surface area contributed by atoms with Gasteiger partial charge in [0.1, 0.15) is 11.6 Å². The topological polar surface area (TPSA) is 78.4 Å². The van der Waals surface area contributed by atoms with Gasteiger partial charge in [-0.1, -0.05) is 0 Å². The van der Waals surface area contributed by atoms with E-state index >= 15 is 0 Å². The Kier molecular flexibility index (Phi) is 4.45. The highest BCUT2D eigenvalue weighted by Gasteiger charge is 2.12. The van der Waals surface area contributed by atoms with Crippen LogP contribution in [0.25, 0.3) is 0 Å². The fourth-order valence-electron chi connectivity index (χ4n) is 1.21. The number of carbonyl (C=O) groups excluding carboxylic acids is 2. The van der Waals surface area contributed by atoms with Crippen molar-refractivity contribution in [3.05, 3.63) is 29.6 Å². The highest BCUT2D eigenvalue weighted by molar-refractivity contribution is 5.98. The van der Waals surface area contributed by atoms with E-state index in [1.54, 1.807) is 6.92 Å². The van der Waals surface area contributed by atoms with Gasteiger partial charge in [-0.2, -0.15) is 0 Å². The molecule has 0 aliphatic rings. The SMILES string of the molecule is CCNC(=O)CNC(=O)c1cc(F)ccc1O. The number of carbonyl (C=O) groups is 2. The van der Waals surface area contributed by atoms with Crippen molar-refractivity contribution in [2.45, 2.75) is 6.92 Å². The van der Waals surface area contributed by atoms with Crippen molar-refractivity contribution in [1.82, 2.24) is 10.6 Å². The largest absolute Gasteiger partial charge is 0.507 e. The van der Waals surface area contributed by atoms with Gasteiger partial charge >= 0.3 is 0 Å². The Morgan fingerprint density at radius 2 is 2.06 bits per heavy atom. The molecule has 0 saturated heterocycles. The van der Waals surface area contributed by atoms with Crippen molar-refractivity contribution in [2.75, 3.05) is 13.1 Å². The number of aromatic hydroxyl groups is 1. The van der Waals surface area contributed by atoms with E-state index in [4.69, 9.17) is 0 Å². The number of phenols is 1. The summed E-state index contributed by atoms with van der Waals surface area (Å²) in [7, 11) is 0. The minimum Gasteiger partial charge on any atom is -0.507 e. The number of benzene rings is 1. The Hall–Kier alpha value is -2.11. The number of halogens is 1. The average molecular weight is 240 g/mol. The zero-order chi connectivity index (χ0) is 12.8. The average Bonchev–Trinajstić information content (AvgIpc) is 2.29. The van der Waals surface area contributed by atoms with Crippen LogP contribution in [-0.2, 0) is 4.79 Å².